The summed E-state index contributed by atoms with van der Waals surface area (Å²) in [5.74, 6) is 1.11. The van der Waals surface area contributed by atoms with Gasteiger partial charge in [0.05, 0.1) is 17.6 Å². The van der Waals surface area contributed by atoms with Gasteiger partial charge in [0.25, 0.3) is 0 Å². The summed E-state index contributed by atoms with van der Waals surface area (Å²) in [7, 11) is 0. The standard InChI is InChI=1S/C23H20N2O2/c26-20-14-16(15-7-2-1-3-8-15)13-19-22(20)23(21-11-6-12-27-21)25-18-10-5-4-9-17(18)24-19/h1-12,16,23-25H,13-14H2/t16-,23-/m0/s1. The van der Waals surface area contributed by atoms with Gasteiger partial charge in [-0.3, -0.25) is 4.79 Å². The monoisotopic (exact) mass is 356 g/mol. The molecular weight excluding hydrogens is 336 g/mol. The Morgan fingerprint density at radius 3 is 2.41 bits per heavy atom. The fourth-order valence-electron chi connectivity index (χ4n) is 4.12. The molecule has 4 nitrogen and oxygen atoms in total. The van der Waals surface area contributed by atoms with E-state index in [4.69, 9.17) is 4.42 Å². The zero-order chi connectivity index (χ0) is 18.2. The molecule has 4 heteroatoms. The number of benzene rings is 2. The van der Waals surface area contributed by atoms with E-state index in [0.717, 1.165) is 34.8 Å². The van der Waals surface area contributed by atoms with Gasteiger partial charge in [-0.05, 0) is 42.2 Å². The first kappa shape index (κ1) is 15.9. The molecule has 3 aromatic rings. The highest BCUT2D eigenvalue weighted by molar-refractivity contribution is 6.01. The molecule has 0 unspecified atom stereocenters. The van der Waals surface area contributed by atoms with E-state index in [1.165, 1.54) is 5.56 Å². The van der Waals surface area contributed by atoms with E-state index in [1.54, 1.807) is 6.26 Å². The second kappa shape index (κ2) is 6.47. The van der Waals surface area contributed by atoms with Crippen molar-refractivity contribution in [3.63, 3.8) is 0 Å². The van der Waals surface area contributed by atoms with Gasteiger partial charge in [-0.1, -0.05) is 42.5 Å². The summed E-state index contributed by atoms with van der Waals surface area (Å²) in [5, 5.41) is 7.05. The number of para-hydroxylation sites is 2. The van der Waals surface area contributed by atoms with Crippen LogP contribution < -0.4 is 10.6 Å². The second-order valence-electron chi connectivity index (χ2n) is 7.09. The number of nitrogens with one attached hydrogen (secondary N) is 2. The maximum atomic E-state index is 13.2. The van der Waals surface area contributed by atoms with Crippen molar-refractivity contribution in [2.45, 2.75) is 24.8 Å². The molecule has 5 rings (SSSR count). The maximum Gasteiger partial charge on any atom is 0.163 e. The highest BCUT2D eigenvalue weighted by atomic mass is 16.3. The Hall–Kier alpha value is -3.27. The zero-order valence-electron chi connectivity index (χ0n) is 14.8. The topological polar surface area (TPSA) is 54.3 Å². The Balaban J connectivity index is 1.61. The number of carbonyl (C=O) groups is 1. The summed E-state index contributed by atoms with van der Waals surface area (Å²) in [6.45, 7) is 0. The number of hydrogen-bond donors (Lipinski definition) is 2. The molecule has 0 amide bonds. The van der Waals surface area contributed by atoms with Crippen molar-refractivity contribution < 1.29 is 9.21 Å². The van der Waals surface area contributed by atoms with Crippen LogP contribution in [0.4, 0.5) is 11.4 Å². The van der Waals surface area contributed by atoms with Crippen LogP contribution in [0.2, 0.25) is 0 Å². The van der Waals surface area contributed by atoms with Crippen LogP contribution in [0.15, 0.2) is 88.7 Å². The van der Waals surface area contributed by atoms with Crippen LogP contribution in [-0.2, 0) is 4.79 Å². The number of ketones is 1. The molecule has 2 atom stereocenters. The van der Waals surface area contributed by atoms with E-state index >= 15 is 0 Å². The first-order valence-corrected chi connectivity index (χ1v) is 9.27. The lowest BCUT2D eigenvalue weighted by Gasteiger charge is -2.29. The Bertz CT molecular complexity index is 1010. The number of allylic oxidation sites excluding steroid dienone is 1. The van der Waals surface area contributed by atoms with Crippen molar-refractivity contribution in [1.29, 1.82) is 0 Å². The van der Waals surface area contributed by atoms with Gasteiger partial charge >= 0.3 is 0 Å². The van der Waals surface area contributed by atoms with Gasteiger partial charge in [-0.2, -0.15) is 0 Å². The van der Waals surface area contributed by atoms with Crippen molar-refractivity contribution in [2.75, 3.05) is 10.6 Å². The molecule has 0 saturated carbocycles. The average molecular weight is 356 g/mol. The minimum atomic E-state index is -0.282. The smallest absolute Gasteiger partial charge is 0.163 e. The molecule has 27 heavy (non-hydrogen) atoms. The van der Waals surface area contributed by atoms with Gasteiger partial charge in [0, 0.05) is 17.7 Å². The van der Waals surface area contributed by atoms with Gasteiger partial charge in [-0.25, -0.2) is 0 Å². The third-order valence-corrected chi connectivity index (χ3v) is 5.41. The first-order valence-electron chi connectivity index (χ1n) is 9.27. The van der Waals surface area contributed by atoms with E-state index in [-0.39, 0.29) is 17.7 Å². The lowest BCUT2D eigenvalue weighted by molar-refractivity contribution is -0.116. The fourth-order valence-corrected chi connectivity index (χ4v) is 4.12. The summed E-state index contributed by atoms with van der Waals surface area (Å²) in [6, 6.07) is 21.8. The summed E-state index contributed by atoms with van der Waals surface area (Å²) in [4.78, 5) is 13.2. The lowest BCUT2D eigenvalue weighted by atomic mass is 9.79. The molecule has 0 saturated heterocycles. The van der Waals surface area contributed by atoms with Crippen LogP contribution in [0.25, 0.3) is 0 Å². The van der Waals surface area contributed by atoms with Crippen molar-refractivity contribution in [3.8, 4) is 0 Å². The number of rotatable bonds is 2. The molecule has 0 fully saturated rings. The molecule has 1 aromatic heterocycles. The van der Waals surface area contributed by atoms with Crippen LogP contribution in [0.3, 0.4) is 0 Å². The molecule has 1 aliphatic carbocycles. The van der Waals surface area contributed by atoms with Crippen LogP contribution in [0.1, 0.15) is 36.1 Å². The number of Topliss-reactive ketones (excluding diaryl/α,β-unsaturated/α-hetero) is 1. The first-order chi connectivity index (χ1) is 13.3. The number of fused-ring (bicyclic) bond motifs is 1. The highest BCUT2D eigenvalue weighted by Gasteiger charge is 2.36. The fraction of sp³-hybridized carbons (Fsp3) is 0.174. The van der Waals surface area contributed by atoms with Crippen molar-refractivity contribution >= 4 is 17.2 Å². The molecule has 2 heterocycles. The predicted molar refractivity (Wildman–Crippen MR) is 106 cm³/mol. The molecule has 2 N–H and O–H groups in total. The van der Waals surface area contributed by atoms with E-state index in [1.807, 2.05) is 54.6 Å². The molecule has 2 aromatic carbocycles. The van der Waals surface area contributed by atoms with Crippen LogP contribution >= 0.6 is 0 Å². The highest BCUT2D eigenvalue weighted by Crippen LogP contribution is 2.44. The lowest BCUT2D eigenvalue weighted by Crippen LogP contribution is -2.26. The van der Waals surface area contributed by atoms with Gasteiger partial charge in [0.2, 0.25) is 0 Å². The SMILES string of the molecule is O=C1C[C@@H](c2ccccc2)CC2=C1[C@H](c1ccco1)Nc1ccccc1N2. The Labute approximate surface area is 157 Å². The molecule has 1 aliphatic heterocycles. The molecule has 0 radical (unpaired) electrons. The van der Waals surface area contributed by atoms with E-state index < -0.39 is 0 Å². The number of hydrogen-bond acceptors (Lipinski definition) is 4. The van der Waals surface area contributed by atoms with Gasteiger partial charge < -0.3 is 15.1 Å². The summed E-state index contributed by atoms with van der Waals surface area (Å²) in [6.07, 6.45) is 2.97. The Morgan fingerprint density at radius 1 is 0.852 bits per heavy atom. The van der Waals surface area contributed by atoms with E-state index in [9.17, 15) is 4.79 Å². The number of furan rings is 1. The quantitative estimate of drug-likeness (QED) is 0.658. The van der Waals surface area contributed by atoms with Crippen molar-refractivity contribution in [2.24, 2.45) is 0 Å². The van der Waals surface area contributed by atoms with Crippen LogP contribution in [0.5, 0.6) is 0 Å². The van der Waals surface area contributed by atoms with Crippen molar-refractivity contribution in [3.05, 3.63) is 95.6 Å². The van der Waals surface area contributed by atoms with Gasteiger partial charge in [-0.15, -0.1) is 0 Å². The van der Waals surface area contributed by atoms with Crippen LogP contribution in [0, 0.1) is 0 Å². The average Bonchev–Trinajstić information content (AvgIpc) is 3.17. The molecule has 134 valence electrons. The number of anilines is 2. The molecule has 0 spiro atoms. The van der Waals surface area contributed by atoms with Gasteiger partial charge in [0.1, 0.15) is 11.8 Å². The molecular formula is C23H20N2O2. The molecule has 0 bridgehead atoms. The minimum Gasteiger partial charge on any atom is -0.467 e. The van der Waals surface area contributed by atoms with Crippen LogP contribution in [-0.4, -0.2) is 5.78 Å². The zero-order valence-corrected chi connectivity index (χ0v) is 14.8. The van der Waals surface area contributed by atoms with E-state index in [2.05, 4.69) is 22.8 Å². The maximum absolute atomic E-state index is 13.2. The molecule has 2 aliphatic rings. The van der Waals surface area contributed by atoms with E-state index in [0.29, 0.717) is 6.42 Å². The second-order valence-corrected chi connectivity index (χ2v) is 7.09. The number of carbonyl (C=O) groups excluding carboxylic acids is 1. The minimum absolute atomic E-state index is 0.166. The third kappa shape index (κ3) is 2.83. The summed E-state index contributed by atoms with van der Waals surface area (Å²) in [5.41, 5.74) is 4.93. The predicted octanol–water partition coefficient (Wildman–Crippen LogP) is 5.26. The van der Waals surface area contributed by atoms with Crippen molar-refractivity contribution in [1.82, 2.24) is 0 Å². The Morgan fingerprint density at radius 2 is 1.63 bits per heavy atom. The third-order valence-electron chi connectivity index (χ3n) is 5.41. The van der Waals surface area contributed by atoms with Gasteiger partial charge in [0.15, 0.2) is 5.78 Å². The summed E-state index contributed by atoms with van der Waals surface area (Å²) >= 11 is 0. The Kier molecular flexibility index (Phi) is 3.82. The normalized spacial score (nSPS) is 21.6. The summed E-state index contributed by atoms with van der Waals surface area (Å²) < 4.78 is 5.68. The largest absolute Gasteiger partial charge is 0.467 e.